The van der Waals surface area contributed by atoms with E-state index in [1.54, 1.807) is 32.4 Å². The van der Waals surface area contributed by atoms with Crippen LogP contribution in [0.15, 0.2) is 23.3 Å². The van der Waals surface area contributed by atoms with Crippen LogP contribution in [0.4, 0.5) is 0 Å². The van der Waals surface area contributed by atoms with E-state index in [2.05, 4.69) is 10.5 Å². The lowest BCUT2D eigenvalue weighted by molar-refractivity contribution is -0.109. The fourth-order valence-corrected chi connectivity index (χ4v) is 1.08. The summed E-state index contributed by atoms with van der Waals surface area (Å²) in [6.45, 7) is 0. The molecule has 0 aromatic heterocycles. The van der Waals surface area contributed by atoms with Crippen molar-refractivity contribution in [1.82, 2.24) is 5.43 Å². The van der Waals surface area contributed by atoms with Gasteiger partial charge in [0, 0.05) is 0 Å². The second-order valence-corrected chi connectivity index (χ2v) is 2.62. The molecule has 0 aliphatic heterocycles. The molecule has 80 valence electrons. The summed E-state index contributed by atoms with van der Waals surface area (Å²) in [5.74, 6) is 1.27. The molecule has 1 amide bonds. The molecule has 5 heteroatoms. The molecule has 1 aromatic rings. The number of rotatable bonds is 5. The fraction of sp³-hybridized carbons (Fsp3) is 0.200. The van der Waals surface area contributed by atoms with E-state index >= 15 is 0 Å². The molecule has 1 N–H and O–H groups in total. The lowest BCUT2D eigenvalue weighted by Gasteiger charge is -2.07. The first-order chi connectivity index (χ1) is 7.31. The first kappa shape index (κ1) is 11.0. The second kappa shape index (κ2) is 5.64. The largest absolute Gasteiger partial charge is 0.493 e. The van der Waals surface area contributed by atoms with E-state index in [1.807, 2.05) is 0 Å². The van der Waals surface area contributed by atoms with Gasteiger partial charge in [-0.3, -0.25) is 4.79 Å². The van der Waals surface area contributed by atoms with Crippen LogP contribution in [0.25, 0.3) is 0 Å². The summed E-state index contributed by atoms with van der Waals surface area (Å²) in [7, 11) is 3.13. The topological polar surface area (TPSA) is 59.9 Å². The standard InChI is InChI=1S/C10H12N2O3/c1-14-9-4-3-8(5-10(9)15-2)6-11-12-7-13/h3-7H,1-2H3,(H,12,13). The van der Waals surface area contributed by atoms with Gasteiger partial charge < -0.3 is 9.47 Å². The van der Waals surface area contributed by atoms with Crippen LogP contribution in [0.5, 0.6) is 11.5 Å². The van der Waals surface area contributed by atoms with Crippen LogP contribution in [0.3, 0.4) is 0 Å². The minimum Gasteiger partial charge on any atom is -0.493 e. The molecule has 15 heavy (non-hydrogen) atoms. The van der Waals surface area contributed by atoms with E-state index in [4.69, 9.17) is 9.47 Å². The van der Waals surface area contributed by atoms with Crippen LogP contribution >= 0.6 is 0 Å². The van der Waals surface area contributed by atoms with Gasteiger partial charge in [0.1, 0.15) is 0 Å². The van der Waals surface area contributed by atoms with Crippen molar-refractivity contribution in [2.75, 3.05) is 14.2 Å². The average Bonchev–Trinajstić information content (AvgIpc) is 2.29. The number of ether oxygens (including phenoxy) is 2. The normalized spacial score (nSPS) is 10.0. The van der Waals surface area contributed by atoms with Crippen molar-refractivity contribution in [2.24, 2.45) is 5.10 Å². The number of amides is 1. The monoisotopic (exact) mass is 208 g/mol. The number of carbonyl (C=O) groups excluding carboxylic acids is 1. The number of benzene rings is 1. The quantitative estimate of drug-likeness (QED) is 0.442. The Labute approximate surface area is 87.7 Å². The van der Waals surface area contributed by atoms with Crippen molar-refractivity contribution in [3.63, 3.8) is 0 Å². The summed E-state index contributed by atoms with van der Waals surface area (Å²) in [5.41, 5.74) is 2.99. The van der Waals surface area contributed by atoms with Crippen molar-refractivity contribution in [2.45, 2.75) is 0 Å². The van der Waals surface area contributed by atoms with Gasteiger partial charge in [-0.25, -0.2) is 5.43 Å². The lowest BCUT2D eigenvalue weighted by Crippen LogP contribution is -2.00. The molecule has 0 saturated heterocycles. The molecule has 0 atom stereocenters. The molecule has 0 unspecified atom stereocenters. The molecule has 0 bridgehead atoms. The first-order valence-corrected chi connectivity index (χ1v) is 4.26. The predicted octanol–water partition coefficient (Wildman–Crippen LogP) is 0.784. The summed E-state index contributed by atoms with van der Waals surface area (Å²) in [4.78, 5) is 9.95. The van der Waals surface area contributed by atoms with Gasteiger partial charge in [0.05, 0.1) is 20.4 Å². The maximum atomic E-state index is 9.95. The van der Waals surface area contributed by atoms with Crippen molar-refractivity contribution in [3.8, 4) is 11.5 Å². The van der Waals surface area contributed by atoms with Crippen LogP contribution in [0.1, 0.15) is 5.56 Å². The Hall–Kier alpha value is -2.04. The average molecular weight is 208 g/mol. The Morgan fingerprint density at radius 2 is 2.00 bits per heavy atom. The van der Waals surface area contributed by atoms with Gasteiger partial charge in [0.2, 0.25) is 6.41 Å². The van der Waals surface area contributed by atoms with E-state index in [9.17, 15) is 4.79 Å². The number of methoxy groups -OCH3 is 2. The van der Waals surface area contributed by atoms with Crippen LogP contribution in [-0.2, 0) is 4.79 Å². The highest BCUT2D eigenvalue weighted by molar-refractivity contribution is 5.81. The zero-order valence-corrected chi connectivity index (χ0v) is 8.56. The van der Waals surface area contributed by atoms with Gasteiger partial charge in [-0.2, -0.15) is 5.10 Å². The second-order valence-electron chi connectivity index (χ2n) is 2.62. The third kappa shape index (κ3) is 2.98. The molecule has 5 nitrogen and oxygen atoms in total. The molecular weight excluding hydrogens is 196 g/mol. The van der Waals surface area contributed by atoms with Gasteiger partial charge in [0.25, 0.3) is 0 Å². The molecule has 1 aromatic carbocycles. The zero-order valence-electron chi connectivity index (χ0n) is 8.56. The highest BCUT2D eigenvalue weighted by Gasteiger charge is 2.02. The maximum absolute atomic E-state index is 9.95. The maximum Gasteiger partial charge on any atom is 0.227 e. The number of hydrogen-bond donors (Lipinski definition) is 1. The first-order valence-electron chi connectivity index (χ1n) is 4.26. The number of carbonyl (C=O) groups is 1. The highest BCUT2D eigenvalue weighted by Crippen LogP contribution is 2.26. The Bertz CT molecular complexity index is 364. The smallest absolute Gasteiger partial charge is 0.227 e. The highest BCUT2D eigenvalue weighted by atomic mass is 16.5. The Balaban J connectivity index is 2.87. The van der Waals surface area contributed by atoms with Gasteiger partial charge in [-0.1, -0.05) is 0 Å². The van der Waals surface area contributed by atoms with Gasteiger partial charge >= 0.3 is 0 Å². The SMILES string of the molecule is COc1ccc(C=NNC=O)cc1OC. The van der Waals surface area contributed by atoms with Crippen LogP contribution in [0.2, 0.25) is 0 Å². The van der Waals surface area contributed by atoms with E-state index in [0.717, 1.165) is 5.56 Å². The van der Waals surface area contributed by atoms with Crippen molar-refractivity contribution in [1.29, 1.82) is 0 Å². The summed E-state index contributed by atoms with van der Waals surface area (Å²) in [6.07, 6.45) is 2.01. The van der Waals surface area contributed by atoms with Gasteiger partial charge in [-0.05, 0) is 23.8 Å². The minimum atomic E-state index is 0.497. The lowest BCUT2D eigenvalue weighted by atomic mass is 10.2. The zero-order chi connectivity index (χ0) is 11.1. The molecule has 0 aliphatic carbocycles. The van der Waals surface area contributed by atoms with Crippen LogP contribution in [-0.4, -0.2) is 26.8 Å². The van der Waals surface area contributed by atoms with Crippen molar-refractivity contribution >= 4 is 12.6 Å². The number of hydrazone groups is 1. The number of hydrogen-bond acceptors (Lipinski definition) is 4. The molecule has 0 radical (unpaired) electrons. The minimum absolute atomic E-state index is 0.497. The third-order valence-corrected chi connectivity index (χ3v) is 1.75. The van der Waals surface area contributed by atoms with Crippen molar-refractivity contribution < 1.29 is 14.3 Å². The molecule has 0 aliphatic rings. The Kier molecular flexibility index (Phi) is 4.15. The van der Waals surface area contributed by atoms with Crippen LogP contribution in [0, 0.1) is 0 Å². The van der Waals surface area contributed by atoms with Gasteiger partial charge in [-0.15, -0.1) is 0 Å². The molecule has 0 spiro atoms. The van der Waals surface area contributed by atoms with E-state index in [-0.39, 0.29) is 0 Å². The molecule has 1 rings (SSSR count). The van der Waals surface area contributed by atoms with Gasteiger partial charge in [0.15, 0.2) is 11.5 Å². The van der Waals surface area contributed by atoms with E-state index in [1.165, 1.54) is 6.21 Å². The Morgan fingerprint density at radius 3 is 2.60 bits per heavy atom. The summed E-state index contributed by atoms with van der Waals surface area (Å²) in [5, 5.41) is 3.65. The number of nitrogens with one attached hydrogen (secondary N) is 1. The summed E-state index contributed by atoms with van der Waals surface area (Å²) in [6, 6.07) is 5.33. The molecule has 0 heterocycles. The fourth-order valence-electron chi connectivity index (χ4n) is 1.08. The molecule has 0 saturated carbocycles. The Morgan fingerprint density at radius 1 is 1.27 bits per heavy atom. The predicted molar refractivity (Wildman–Crippen MR) is 56.3 cm³/mol. The van der Waals surface area contributed by atoms with E-state index in [0.29, 0.717) is 17.9 Å². The van der Waals surface area contributed by atoms with Crippen molar-refractivity contribution in [3.05, 3.63) is 23.8 Å². The number of nitrogens with zero attached hydrogens (tertiary/aromatic N) is 1. The molecule has 0 fully saturated rings. The van der Waals surface area contributed by atoms with E-state index < -0.39 is 0 Å². The third-order valence-electron chi connectivity index (χ3n) is 1.75. The van der Waals surface area contributed by atoms with Crippen LogP contribution < -0.4 is 14.9 Å². The molecular formula is C10H12N2O3. The summed E-state index contributed by atoms with van der Waals surface area (Å²) >= 11 is 0. The summed E-state index contributed by atoms with van der Waals surface area (Å²) < 4.78 is 10.2.